The number of rotatable bonds is 6. The normalized spacial score (nSPS) is 15.8. The predicted molar refractivity (Wildman–Crippen MR) is 108 cm³/mol. The molecule has 0 atom stereocenters. The van der Waals surface area contributed by atoms with Crippen molar-refractivity contribution in [2.45, 2.75) is 45.6 Å². The number of aliphatic imine (C=N–C) groups is 1. The van der Waals surface area contributed by atoms with E-state index in [1.54, 1.807) is 0 Å². The molecule has 1 heterocycles. The Kier molecular flexibility index (Phi) is 5.56. The van der Waals surface area contributed by atoms with Crippen LogP contribution in [-0.2, 0) is 19.0 Å². The Morgan fingerprint density at radius 3 is 2.65 bits per heavy atom. The number of aryl methyl sites for hydroxylation is 2. The second-order valence-corrected chi connectivity index (χ2v) is 7.55. The first-order chi connectivity index (χ1) is 12.4. The number of aromatic nitrogens is 2. The van der Waals surface area contributed by atoms with E-state index in [-0.39, 0.29) is 5.41 Å². The van der Waals surface area contributed by atoms with E-state index in [0.717, 1.165) is 29.8 Å². The molecule has 1 aromatic carbocycles. The molecule has 0 amide bonds. The van der Waals surface area contributed by atoms with Gasteiger partial charge in [0, 0.05) is 41.8 Å². The monoisotopic (exact) mass is 373 g/mol. The maximum absolute atomic E-state index is 6.18. The number of hydrogen-bond acceptors (Lipinski definition) is 2. The van der Waals surface area contributed by atoms with Crippen LogP contribution >= 0.6 is 11.6 Å². The molecule has 3 rings (SSSR count). The lowest BCUT2D eigenvalue weighted by Gasteiger charge is -2.19. The van der Waals surface area contributed by atoms with Gasteiger partial charge < -0.3 is 10.6 Å². The van der Waals surface area contributed by atoms with Crippen LogP contribution in [0.25, 0.3) is 0 Å². The highest BCUT2D eigenvalue weighted by atomic mass is 35.5. The molecule has 0 unspecified atom stereocenters. The quantitative estimate of drug-likeness (QED) is 0.602. The molecular formula is C20H28ClN5. The zero-order chi connectivity index (χ0) is 18.7. The lowest BCUT2D eigenvalue weighted by atomic mass is 9.96. The molecule has 140 valence electrons. The number of benzene rings is 1. The molecule has 6 heteroatoms. The molecule has 26 heavy (non-hydrogen) atoms. The molecule has 1 aliphatic rings. The van der Waals surface area contributed by atoms with Gasteiger partial charge in [-0.05, 0) is 51.3 Å². The summed E-state index contributed by atoms with van der Waals surface area (Å²) in [6.07, 6.45) is 2.36. The van der Waals surface area contributed by atoms with Crippen LogP contribution in [0.1, 0.15) is 42.3 Å². The van der Waals surface area contributed by atoms with Crippen LogP contribution in [0.15, 0.2) is 29.3 Å². The Hall–Kier alpha value is -2.01. The Bertz CT molecular complexity index is 805. The summed E-state index contributed by atoms with van der Waals surface area (Å²) in [6.45, 7) is 8.54. The first-order valence-corrected chi connectivity index (χ1v) is 9.60. The lowest BCUT2D eigenvalue weighted by molar-refractivity contribution is 0.646. The van der Waals surface area contributed by atoms with E-state index in [9.17, 15) is 0 Å². The highest BCUT2D eigenvalue weighted by Crippen LogP contribution is 2.48. The molecule has 5 nitrogen and oxygen atoms in total. The van der Waals surface area contributed by atoms with Gasteiger partial charge in [-0.15, -0.1) is 0 Å². The summed E-state index contributed by atoms with van der Waals surface area (Å²) >= 11 is 6.18. The van der Waals surface area contributed by atoms with Crippen molar-refractivity contribution in [1.82, 2.24) is 20.4 Å². The second kappa shape index (κ2) is 7.70. The molecule has 0 radical (unpaired) electrons. The predicted octanol–water partition coefficient (Wildman–Crippen LogP) is 3.48. The van der Waals surface area contributed by atoms with Gasteiger partial charge >= 0.3 is 0 Å². The zero-order valence-electron chi connectivity index (χ0n) is 16.1. The van der Waals surface area contributed by atoms with E-state index in [0.29, 0.717) is 6.54 Å². The van der Waals surface area contributed by atoms with Gasteiger partial charge in [0.15, 0.2) is 5.96 Å². The van der Waals surface area contributed by atoms with Crippen molar-refractivity contribution in [2.24, 2.45) is 12.0 Å². The van der Waals surface area contributed by atoms with Crippen LogP contribution in [0.5, 0.6) is 0 Å². The minimum Gasteiger partial charge on any atom is -0.357 e. The van der Waals surface area contributed by atoms with Crippen molar-refractivity contribution in [3.63, 3.8) is 0 Å². The summed E-state index contributed by atoms with van der Waals surface area (Å²) in [5.41, 5.74) is 4.90. The molecular weight excluding hydrogens is 346 g/mol. The van der Waals surface area contributed by atoms with Crippen molar-refractivity contribution >= 4 is 17.6 Å². The van der Waals surface area contributed by atoms with E-state index >= 15 is 0 Å². The third kappa shape index (κ3) is 4.04. The largest absolute Gasteiger partial charge is 0.357 e. The standard InChI is InChI=1S/C20H28ClN5/c1-5-22-19(23-12-18-14(2)25-26(4)15(18)3)24-13-20(9-10-20)16-7-6-8-17(21)11-16/h6-8,11H,5,9-10,12-13H2,1-4H3,(H2,22,23,24). The van der Waals surface area contributed by atoms with E-state index in [1.165, 1.54) is 29.7 Å². The van der Waals surface area contributed by atoms with Crippen molar-refractivity contribution in [3.05, 3.63) is 51.8 Å². The van der Waals surface area contributed by atoms with Gasteiger partial charge in [0.05, 0.1) is 12.2 Å². The molecule has 1 fully saturated rings. The summed E-state index contributed by atoms with van der Waals surface area (Å²) in [5.74, 6) is 0.850. The van der Waals surface area contributed by atoms with Crippen LogP contribution in [0, 0.1) is 13.8 Å². The zero-order valence-corrected chi connectivity index (χ0v) is 16.8. The second-order valence-electron chi connectivity index (χ2n) is 7.11. The highest BCUT2D eigenvalue weighted by Gasteiger charge is 2.44. The highest BCUT2D eigenvalue weighted by molar-refractivity contribution is 6.30. The minimum absolute atomic E-state index is 0.182. The molecule has 0 saturated heterocycles. The van der Waals surface area contributed by atoms with Crippen molar-refractivity contribution in [3.8, 4) is 0 Å². The van der Waals surface area contributed by atoms with Crippen LogP contribution < -0.4 is 10.6 Å². The van der Waals surface area contributed by atoms with Gasteiger partial charge in [-0.3, -0.25) is 4.68 Å². The summed E-state index contributed by atoms with van der Waals surface area (Å²) < 4.78 is 1.92. The molecule has 0 spiro atoms. The summed E-state index contributed by atoms with van der Waals surface area (Å²) in [4.78, 5) is 4.78. The average Bonchev–Trinajstić information content (AvgIpc) is 3.36. The molecule has 2 N–H and O–H groups in total. The van der Waals surface area contributed by atoms with Gasteiger partial charge in [0.25, 0.3) is 0 Å². The van der Waals surface area contributed by atoms with E-state index < -0.39 is 0 Å². The van der Waals surface area contributed by atoms with E-state index in [4.69, 9.17) is 16.6 Å². The van der Waals surface area contributed by atoms with Gasteiger partial charge in [-0.2, -0.15) is 5.10 Å². The summed E-state index contributed by atoms with van der Waals surface area (Å²) in [7, 11) is 1.97. The number of guanidine groups is 1. The van der Waals surface area contributed by atoms with Crippen molar-refractivity contribution in [2.75, 3.05) is 13.1 Å². The van der Waals surface area contributed by atoms with Crippen molar-refractivity contribution in [1.29, 1.82) is 0 Å². The van der Waals surface area contributed by atoms with Crippen molar-refractivity contribution < 1.29 is 0 Å². The Labute approximate surface area is 160 Å². The Morgan fingerprint density at radius 2 is 2.08 bits per heavy atom. The number of nitrogens with zero attached hydrogens (tertiary/aromatic N) is 3. The van der Waals surface area contributed by atoms with Gasteiger partial charge in [-0.1, -0.05) is 23.7 Å². The summed E-state index contributed by atoms with van der Waals surface area (Å²) in [5, 5.41) is 12.1. The topological polar surface area (TPSA) is 54.2 Å². The van der Waals surface area contributed by atoms with Gasteiger partial charge in [0.1, 0.15) is 0 Å². The molecule has 2 aromatic rings. The third-order valence-corrected chi connectivity index (χ3v) is 5.52. The van der Waals surface area contributed by atoms with E-state index in [2.05, 4.69) is 41.7 Å². The SMILES string of the molecule is CCNC(=NCc1c(C)nn(C)c1C)NCC1(c2cccc(Cl)c2)CC1. The smallest absolute Gasteiger partial charge is 0.191 e. The number of nitrogens with one attached hydrogen (secondary N) is 2. The first kappa shape index (κ1) is 18.8. The lowest BCUT2D eigenvalue weighted by Crippen LogP contribution is -2.41. The fraction of sp³-hybridized carbons (Fsp3) is 0.500. The number of hydrogen-bond donors (Lipinski definition) is 2. The Balaban J connectivity index is 1.69. The average molecular weight is 374 g/mol. The summed E-state index contributed by atoms with van der Waals surface area (Å²) in [6, 6.07) is 8.22. The molecule has 0 bridgehead atoms. The fourth-order valence-corrected chi connectivity index (χ4v) is 3.53. The maximum Gasteiger partial charge on any atom is 0.191 e. The van der Waals surface area contributed by atoms with Crippen LogP contribution in [0.2, 0.25) is 5.02 Å². The van der Waals surface area contributed by atoms with Gasteiger partial charge in [0.2, 0.25) is 0 Å². The van der Waals surface area contributed by atoms with Crippen LogP contribution in [0.4, 0.5) is 0 Å². The first-order valence-electron chi connectivity index (χ1n) is 9.22. The van der Waals surface area contributed by atoms with E-state index in [1.807, 2.05) is 30.8 Å². The molecule has 0 aliphatic heterocycles. The van der Waals surface area contributed by atoms with Crippen LogP contribution in [-0.4, -0.2) is 28.8 Å². The molecule has 1 aromatic heterocycles. The van der Waals surface area contributed by atoms with Gasteiger partial charge in [-0.25, -0.2) is 4.99 Å². The molecule has 1 saturated carbocycles. The number of halogens is 1. The fourth-order valence-electron chi connectivity index (χ4n) is 3.34. The minimum atomic E-state index is 0.182. The maximum atomic E-state index is 6.18. The molecule has 1 aliphatic carbocycles. The van der Waals surface area contributed by atoms with Crippen LogP contribution in [0.3, 0.4) is 0 Å². The Morgan fingerprint density at radius 1 is 1.31 bits per heavy atom. The third-order valence-electron chi connectivity index (χ3n) is 5.28.